The highest BCUT2D eigenvalue weighted by Gasteiger charge is 2.26. The number of hydrogen-bond acceptors (Lipinski definition) is 4. The van der Waals surface area contributed by atoms with Crippen LogP contribution in [-0.4, -0.2) is 35.0 Å². The van der Waals surface area contributed by atoms with Gasteiger partial charge < -0.3 is 21.9 Å². The number of hydrogen-bond donors (Lipinski definition) is 4. The van der Waals surface area contributed by atoms with Gasteiger partial charge in [0.2, 0.25) is 11.8 Å². The molecule has 0 saturated carbocycles. The Labute approximate surface area is 112 Å². The highest BCUT2D eigenvalue weighted by atomic mass is 16.4. The average molecular weight is 273 g/mol. The Morgan fingerprint density at radius 3 is 2.16 bits per heavy atom. The number of carbonyl (C=O) groups excluding carboxylic acids is 2. The molecule has 0 saturated heterocycles. The van der Waals surface area contributed by atoms with Gasteiger partial charge in [-0.15, -0.1) is 0 Å². The molecule has 110 valence electrons. The molecule has 7 heteroatoms. The van der Waals surface area contributed by atoms with Crippen molar-refractivity contribution < 1.29 is 19.5 Å². The topological polar surface area (TPSA) is 136 Å². The monoisotopic (exact) mass is 273 g/mol. The van der Waals surface area contributed by atoms with Crippen LogP contribution in [0.2, 0.25) is 0 Å². The van der Waals surface area contributed by atoms with Crippen molar-refractivity contribution in [2.24, 2.45) is 16.9 Å². The van der Waals surface area contributed by atoms with Crippen LogP contribution >= 0.6 is 0 Å². The minimum Gasteiger partial charge on any atom is -0.480 e. The van der Waals surface area contributed by atoms with E-state index in [2.05, 4.69) is 5.32 Å². The Morgan fingerprint density at radius 2 is 1.79 bits per heavy atom. The van der Waals surface area contributed by atoms with Gasteiger partial charge in [0, 0.05) is 18.9 Å². The molecule has 2 atom stereocenters. The van der Waals surface area contributed by atoms with Gasteiger partial charge in [0.25, 0.3) is 0 Å². The lowest BCUT2D eigenvalue weighted by atomic mass is 9.85. The third-order valence-electron chi connectivity index (χ3n) is 2.83. The van der Waals surface area contributed by atoms with E-state index in [1.54, 1.807) is 0 Å². The molecule has 6 N–H and O–H groups in total. The molecule has 0 radical (unpaired) electrons. The van der Waals surface area contributed by atoms with Gasteiger partial charge in [-0.05, 0) is 11.8 Å². The SMILES string of the molecule is CC(C)(C)C(N)CC(=O)NC(CCC(N)=O)C(=O)O. The van der Waals surface area contributed by atoms with Gasteiger partial charge in [-0.25, -0.2) is 4.79 Å². The summed E-state index contributed by atoms with van der Waals surface area (Å²) in [6, 6.07) is -1.50. The minimum absolute atomic E-state index is 0.0266. The zero-order valence-corrected chi connectivity index (χ0v) is 11.6. The summed E-state index contributed by atoms with van der Waals surface area (Å²) < 4.78 is 0. The predicted molar refractivity (Wildman–Crippen MR) is 70.0 cm³/mol. The standard InChI is InChI=1S/C12H23N3O4/c1-12(2,3)8(13)6-10(17)15-7(11(18)19)4-5-9(14)16/h7-8H,4-6,13H2,1-3H3,(H2,14,16)(H,15,17)(H,18,19). The normalized spacial score (nSPS) is 14.5. The maximum absolute atomic E-state index is 11.7. The number of primary amides is 1. The van der Waals surface area contributed by atoms with Gasteiger partial charge in [-0.2, -0.15) is 0 Å². The molecule has 0 aromatic heterocycles. The molecule has 2 amide bonds. The van der Waals surface area contributed by atoms with Gasteiger partial charge in [-0.3, -0.25) is 9.59 Å². The third-order valence-corrected chi connectivity index (χ3v) is 2.83. The van der Waals surface area contributed by atoms with Crippen molar-refractivity contribution >= 4 is 17.8 Å². The lowest BCUT2D eigenvalue weighted by Gasteiger charge is -2.27. The molecule has 0 aliphatic heterocycles. The van der Waals surface area contributed by atoms with Gasteiger partial charge in [0.1, 0.15) is 6.04 Å². The Balaban J connectivity index is 4.40. The van der Waals surface area contributed by atoms with Crippen LogP contribution in [0.15, 0.2) is 0 Å². The first-order valence-electron chi connectivity index (χ1n) is 6.10. The number of carboxylic acid groups (broad SMARTS) is 1. The first kappa shape index (κ1) is 17.4. The maximum Gasteiger partial charge on any atom is 0.326 e. The van der Waals surface area contributed by atoms with E-state index in [4.69, 9.17) is 16.6 Å². The second kappa shape index (κ2) is 7.08. The van der Waals surface area contributed by atoms with Gasteiger partial charge >= 0.3 is 5.97 Å². The van der Waals surface area contributed by atoms with E-state index in [1.807, 2.05) is 20.8 Å². The number of carbonyl (C=O) groups is 3. The molecule has 0 fully saturated rings. The maximum atomic E-state index is 11.7. The molecule has 0 aromatic rings. The van der Waals surface area contributed by atoms with Crippen LogP contribution in [-0.2, 0) is 14.4 Å². The molecule has 0 aliphatic carbocycles. The smallest absolute Gasteiger partial charge is 0.326 e. The second-order valence-corrected chi connectivity index (χ2v) is 5.64. The van der Waals surface area contributed by atoms with Crippen molar-refractivity contribution in [3.05, 3.63) is 0 Å². The van der Waals surface area contributed by atoms with Gasteiger partial charge in [0.05, 0.1) is 0 Å². The molecular formula is C12H23N3O4. The predicted octanol–water partition coefficient (Wildman–Crippen LogP) is -0.415. The van der Waals surface area contributed by atoms with E-state index in [0.29, 0.717) is 0 Å². The van der Waals surface area contributed by atoms with Gasteiger partial charge in [0.15, 0.2) is 0 Å². The van der Waals surface area contributed by atoms with Crippen molar-refractivity contribution in [2.75, 3.05) is 0 Å². The number of aliphatic carboxylic acids is 1. The fourth-order valence-electron chi connectivity index (χ4n) is 1.30. The number of amides is 2. The first-order valence-corrected chi connectivity index (χ1v) is 6.10. The van der Waals surface area contributed by atoms with E-state index >= 15 is 0 Å². The van der Waals surface area contributed by atoms with Crippen LogP contribution in [0.5, 0.6) is 0 Å². The van der Waals surface area contributed by atoms with E-state index in [0.717, 1.165) is 0 Å². The van der Waals surface area contributed by atoms with Crippen LogP contribution in [0.1, 0.15) is 40.0 Å². The molecular weight excluding hydrogens is 250 g/mol. The van der Waals surface area contributed by atoms with Crippen molar-refractivity contribution in [2.45, 2.75) is 52.1 Å². The molecule has 0 bridgehead atoms. The summed E-state index contributed by atoms with van der Waals surface area (Å²) in [4.78, 5) is 33.2. The van der Waals surface area contributed by atoms with Crippen molar-refractivity contribution in [3.63, 3.8) is 0 Å². The lowest BCUT2D eigenvalue weighted by Crippen LogP contribution is -2.45. The zero-order valence-electron chi connectivity index (χ0n) is 11.6. The summed E-state index contributed by atoms with van der Waals surface area (Å²) in [6.45, 7) is 5.69. The van der Waals surface area contributed by atoms with E-state index in [-0.39, 0.29) is 30.7 Å². The Kier molecular flexibility index (Phi) is 6.47. The molecule has 19 heavy (non-hydrogen) atoms. The van der Waals surface area contributed by atoms with Crippen LogP contribution in [0, 0.1) is 5.41 Å². The second-order valence-electron chi connectivity index (χ2n) is 5.64. The molecule has 0 spiro atoms. The summed E-state index contributed by atoms with van der Waals surface area (Å²) in [6.07, 6.45) is -0.0897. The third kappa shape index (κ3) is 7.40. The summed E-state index contributed by atoms with van der Waals surface area (Å²) in [5.41, 5.74) is 10.5. The lowest BCUT2D eigenvalue weighted by molar-refractivity contribution is -0.142. The summed E-state index contributed by atoms with van der Waals surface area (Å²) in [5, 5.41) is 11.3. The summed E-state index contributed by atoms with van der Waals surface area (Å²) in [5.74, 6) is -2.25. The molecule has 0 aliphatic rings. The largest absolute Gasteiger partial charge is 0.480 e. The van der Waals surface area contributed by atoms with Crippen molar-refractivity contribution in [3.8, 4) is 0 Å². The number of rotatable bonds is 7. The Hall–Kier alpha value is -1.63. The summed E-state index contributed by atoms with van der Waals surface area (Å²) >= 11 is 0. The number of nitrogens with two attached hydrogens (primary N) is 2. The first-order chi connectivity index (χ1) is 8.54. The quantitative estimate of drug-likeness (QED) is 0.499. The van der Waals surface area contributed by atoms with E-state index < -0.39 is 23.8 Å². The fraction of sp³-hybridized carbons (Fsp3) is 0.750. The number of nitrogens with one attached hydrogen (secondary N) is 1. The fourth-order valence-corrected chi connectivity index (χ4v) is 1.30. The van der Waals surface area contributed by atoms with Crippen LogP contribution in [0.3, 0.4) is 0 Å². The minimum atomic E-state index is -1.20. The van der Waals surface area contributed by atoms with E-state index in [1.165, 1.54) is 0 Å². The molecule has 0 rings (SSSR count). The molecule has 2 unspecified atom stereocenters. The van der Waals surface area contributed by atoms with E-state index in [9.17, 15) is 14.4 Å². The molecule has 7 nitrogen and oxygen atoms in total. The van der Waals surface area contributed by atoms with Crippen LogP contribution in [0.4, 0.5) is 0 Å². The molecule has 0 heterocycles. The Morgan fingerprint density at radius 1 is 1.26 bits per heavy atom. The number of carboxylic acids is 1. The highest BCUT2D eigenvalue weighted by Crippen LogP contribution is 2.19. The van der Waals surface area contributed by atoms with Crippen LogP contribution in [0.25, 0.3) is 0 Å². The Bertz CT molecular complexity index is 349. The molecule has 0 aromatic carbocycles. The average Bonchev–Trinajstić information content (AvgIpc) is 2.21. The zero-order chi connectivity index (χ0) is 15.2. The van der Waals surface area contributed by atoms with Crippen molar-refractivity contribution in [1.82, 2.24) is 5.32 Å². The highest BCUT2D eigenvalue weighted by molar-refractivity contribution is 5.84. The summed E-state index contributed by atoms with van der Waals surface area (Å²) in [7, 11) is 0. The van der Waals surface area contributed by atoms with Gasteiger partial charge in [-0.1, -0.05) is 20.8 Å². The van der Waals surface area contributed by atoms with Crippen LogP contribution < -0.4 is 16.8 Å². The van der Waals surface area contributed by atoms with Crippen molar-refractivity contribution in [1.29, 1.82) is 0 Å².